The summed E-state index contributed by atoms with van der Waals surface area (Å²) in [5.74, 6) is -0.573. The van der Waals surface area contributed by atoms with Gasteiger partial charge in [0.2, 0.25) is 0 Å². The fraction of sp³-hybridized carbons (Fsp3) is 0.267. The van der Waals surface area contributed by atoms with Gasteiger partial charge in [0, 0.05) is 14.1 Å². The number of nitrogen functional groups attached to an aromatic ring is 1. The van der Waals surface area contributed by atoms with Crippen molar-refractivity contribution in [1.82, 2.24) is 19.1 Å². The highest BCUT2D eigenvalue weighted by molar-refractivity contribution is 8.00. The zero-order chi connectivity index (χ0) is 18.3. The quantitative estimate of drug-likeness (QED) is 0.410. The number of ketones is 1. The summed E-state index contributed by atoms with van der Waals surface area (Å²) in [5.41, 5.74) is 5.21. The summed E-state index contributed by atoms with van der Waals surface area (Å²) < 4.78 is 2.85. The largest absolute Gasteiger partial charge is 0.384 e. The van der Waals surface area contributed by atoms with Crippen LogP contribution in [0.3, 0.4) is 0 Å². The second-order valence-electron chi connectivity index (χ2n) is 5.40. The van der Waals surface area contributed by atoms with Crippen molar-refractivity contribution in [1.29, 1.82) is 0 Å². The molecule has 3 aromatic rings. The van der Waals surface area contributed by atoms with Crippen LogP contribution >= 0.6 is 23.1 Å². The number of rotatable bonds is 4. The Bertz CT molecular complexity index is 1100. The normalized spacial score (nSPS) is 12.4. The molecule has 25 heavy (non-hydrogen) atoms. The van der Waals surface area contributed by atoms with Gasteiger partial charge in [-0.15, -0.1) is 11.3 Å². The predicted octanol–water partition coefficient (Wildman–Crippen LogP) is 1.03. The van der Waals surface area contributed by atoms with Crippen LogP contribution in [0.2, 0.25) is 0 Å². The van der Waals surface area contributed by atoms with Crippen molar-refractivity contribution >= 4 is 44.9 Å². The number of thioether (sulfide) groups is 1. The van der Waals surface area contributed by atoms with Crippen LogP contribution in [0, 0.1) is 0 Å². The van der Waals surface area contributed by atoms with E-state index in [9.17, 15) is 14.4 Å². The number of thiophene rings is 1. The molecule has 0 aliphatic heterocycles. The van der Waals surface area contributed by atoms with Crippen molar-refractivity contribution in [2.24, 2.45) is 14.1 Å². The molecule has 0 amide bonds. The molecule has 0 aromatic carbocycles. The fourth-order valence-electron chi connectivity index (χ4n) is 2.37. The smallest absolute Gasteiger partial charge is 0.332 e. The van der Waals surface area contributed by atoms with Gasteiger partial charge in [0.05, 0.1) is 15.5 Å². The first-order valence-electron chi connectivity index (χ1n) is 7.27. The van der Waals surface area contributed by atoms with E-state index in [4.69, 9.17) is 5.73 Å². The standard InChI is InChI=1S/C15H15N5O3S2/c1-7(25-13-11-8(4-5-24-11)17-6-18-13)10(21)9-12(16)19(2)15(23)20(3)14(9)22/h4-7H,16H2,1-3H3. The number of hydrogen-bond donors (Lipinski definition) is 1. The number of Topliss-reactive ketones (excluding diaryl/α,β-unsaturated/α-hetero) is 1. The summed E-state index contributed by atoms with van der Waals surface area (Å²) in [6.45, 7) is 1.68. The van der Waals surface area contributed by atoms with Crippen molar-refractivity contribution in [2.75, 3.05) is 5.73 Å². The number of carbonyl (C=O) groups is 1. The molecule has 3 heterocycles. The molecule has 1 unspecified atom stereocenters. The number of fused-ring (bicyclic) bond motifs is 1. The van der Waals surface area contributed by atoms with Gasteiger partial charge >= 0.3 is 5.69 Å². The SMILES string of the molecule is CC(Sc1ncnc2ccsc12)C(=O)c1c(N)n(C)c(=O)n(C)c1=O. The molecule has 0 spiro atoms. The summed E-state index contributed by atoms with van der Waals surface area (Å²) >= 11 is 2.72. The maximum absolute atomic E-state index is 12.8. The van der Waals surface area contributed by atoms with E-state index in [0.717, 1.165) is 19.4 Å². The van der Waals surface area contributed by atoms with E-state index in [1.54, 1.807) is 6.92 Å². The van der Waals surface area contributed by atoms with Gasteiger partial charge in [-0.1, -0.05) is 11.8 Å². The van der Waals surface area contributed by atoms with E-state index in [1.807, 2.05) is 11.4 Å². The summed E-state index contributed by atoms with van der Waals surface area (Å²) in [7, 11) is 2.74. The number of carbonyl (C=O) groups excluding carboxylic acids is 1. The third-order valence-corrected chi connectivity index (χ3v) is 5.96. The first-order valence-corrected chi connectivity index (χ1v) is 9.03. The second-order valence-corrected chi connectivity index (χ2v) is 7.65. The van der Waals surface area contributed by atoms with E-state index in [2.05, 4.69) is 9.97 Å². The Morgan fingerprint density at radius 2 is 2.00 bits per heavy atom. The van der Waals surface area contributed by atoms with E-state index < -0.39 is 22.3 Å². The zero-order valence-electron chi connectivity index (χ0n) is 13.7. The summed E-state index contributed by atoms with van der Waals surface area (Å²) in [6.07, 6.45) is 1.44. The van der Waals surface area contributed by atoms with Gasteiger partial charge in [0.25, 0.3) is 5.56 Å². The summed E-state index contributed by atoms with van der Waals surface area (Å²) in [4.78, 5) is 45.4. The maximum Gasteiger partial charge on any atom is 0.332 e. The van der Waals surface area contributed by atoms with Crippen LogP contribution in [0.1, 0.15) is 17.3 Å². The Labute approximate surface area is 150 Å². The minimum Gasteiger partial charge on any atom is -0.384 e. The first-order chi connectivity index (χ1) is 11.8. The molecule has 0 bridgehead atoms. The van der Waals surface area contributed by atoms with Crippen LogP contribution in [0.5, 0.6) is 0 Å². The fourth-order valence-corrected chi connectivity index (χ4v) is 4.26. The lowest BCUT2D eigenvalue weighted by Crippen LogP contribution is -2.42. The molecule has 0 fully saturated rings. The molecule has 130 valence electrons. The molecular weight excluding hydrogens is 362 g/mol. The van der Waals surface area contributed by atoms with Crippen molar-refractivity contribution in [3.8, 4) is 0 Å². The summed E-state index contributed by atoms with van der Waals surface area (Å²) in [6, 6.07) is 1.87. The van der Waals surface area contributed by atoms with Crippen molar-refractivity contribution in [2.45, 2.75) is 17.2 Å². The van der Waals surface area contributed by atoms with Crippen LogP contribution in [0.15, 0.2) is 32.4 Å². The van der Waals surface area contributed by atoms with E-state index in [-0.39, 0.29) is 11.4 Å². The molecule has 3 rings (SSSR count). The highest BCUT2D eigenvalue weighted by atomic mass is 32.2. The Morgan fingerprint density at radius 3 is 2.72 bits per heavy atom. The predicted molar refractivity (Wildman–Crippen MR) is 98.4 cm³/mol. The van der Waals surface area contributed by atoms with Crippen LogP contribution in [-0.2, 0) is 14.1 Å². The third-order valence-electron chi connectivity index (χ3n) is 3.82. The van der Waals surface area contributed by atoms with Gasteiger partial charge in [-0.05, 0) is 18.4 Å². The van der Waals surface area contributed by atoms with Gasteiger partial charge in [-0.2, -0.15) is 0 Å². The topological polar surface area (TPSA) is 113 Å². The van der Waals surface area contributed by atoms with Crippen LogP contribution in [0.25, 0.3) is 10.2 Å². The lowest BCUT2D eigenvalue weighted by molar-refractivity contribution is 0.0992. The minimum absolute atomic E-state index is 0.130. The number of nitrogens with zero attached hydrogens (tertiary/aromatic N) is 4. The maximum atomic E-state index is 12.8. The van der Waals surface area contributed by atoms with Gasteiger partial charge in [-0.25, -0.2) is 14.8 Å². The van der Waals surface area contributed by atoms with Gasteiger partial charge in [0.15, 0.2) is 5.78 Å². The van der Waals surface area contributed by atoms with Crippen molar-refractivity contribution in [3.63, 3.8) is 0 Å². The van der Waals surface area contributed by atoms with Crippen LogP contribution in [-0.4, -0.2) is 30.1 Å². The third kappa shape index (κ3) is 2.87. The monoisotopic (exact) mass is 377 g/mol. The Kier molecular flexibility index (Phi) is 4.48. The number of nitrogens with two attached hydrogens (primary N) is 1. The van der Waals surface area contributed by atoms with Crippen molar-refractivity contribution in [3.05, 3.63) is 44.2 Å². The molecule has 0 saturated heterocycles. The van der Waals surface area contributed by atoms with Crippen molar-refractivity contribution < 1.29 is 4.79 Å². The number of hydrogen-bond acceptors (Lipinski definition) is 8. The zero-order valence-corrected chi connectivity index (χ0v) is 15.3. The van der Waals surface area contributed by atoms with E-state index in [0.29, 0.717) is 5.03 Å². The highest BCUT2D eigenvalue weighted by Gasteiger charge is 2.26. The molecule has 1 atom stereocenters. The Hall–Kier alpha value is -2.46. The van der Waals surface area contributed by atoms with Gasteiger partial charge in [-0.3, -0.25) is 18.7 Å². The minimum atomic E-state index is -0.693. The lowest BCUT2D eigenvalue weighted by Gasteiger charge is -2.14. The van der Waals surface area contributed by atoms with Crippen LogP contribution < -0.4 is 17.0 Å². The Morgan fingerprint density at radius 1 is 1.28 bits per heavy atom. The number of aromatic nitrogens is 4. The molecule has 8 nitrogen and oxygen atoms in total. The van der Waals surface area contributed by atoms with E-state index >= 15 is 0 Å². The second kappa shape index (κ2) is 6.45. The van der Waals surface area contributed by atoms with Crippen LogP contribution in [0.4, 0.5) is 5.82 Å². The molecule has 0 aliphatic rings. The summed E-state index contributed by atoms with van der Waals surface area (Å²) in [5, 5.41) is 1.96. The van der Waals surface area contributed by atoms with Gasteiger partial charge in [0.1, 0.15) is 22.7 Å². The number of anilines is 1. The lowest BCUT2D eigenvalue weighted by atomic mass is 10.1. The first kappa shape index (κ1) is 17.4. The molecule has 10 heteroatoms. The average molecular weight is 377 g/mol. The molecule has 0 radical (unpaired) electrons. The molecule has 0 aliphatic carbocycles. The molecular formula is C15H15N5O3S2. The Balaban J connectivity index is 2.01. The highest BCUT2D eigenvalue weighted by Crippen LogP contribution is 2.32. The van der Waals surface area contributed by atoms with E-state index in [1.165, 1.54) is 43.5 Å². The molecule has 2 N–H and O–H groups in total. The molecule has 0 saturated carbocycles. The van der Waals surface area contributed by atoms with Gasteiger partial charge < -0.3 is 5.73 Å². The molecule has 3 aromatic heterocycles. The average Bonchev–Trinajstić information content (AvgIpc) is 3.08.